The Kier molecular flexibility index (Phi) is 6.27. The van der Waals surface area contributed by atoms with E-state index in [0.29, 0.717) is 21.8 Å². The first-order valence-electron chi connectivity index (χ1n) is 8.74. The Morgan fingerprint density at radius 3 is 2.81 bits per heavy atom. The summed E-state index contributed by atoms with van der Waals surface area (Å²) in [5.41, 5.74) is 1.36. The third kappa shape index (κ3) is 5.05. The minimum atomic E-state index is -0.939. The van der Waals surface area contributed by atoms with E-state index >= 15 is 0 Å². The smallest absolute Gasteiger partial charge is 0.309 e. The van der Waals surface area contributed by atoms with Gasteiger partial charge in [-0.25, -0.2) is 4.98 Å². The summed E-state index contributed by atoms with van der Waals surface area (Å²) < 4.78 is 0. The van der Waals surface area contributed by atoms with Crippen LogP contribution in [0.1, 0.15) is 49.3 Å². The van der Waals surface area contributed by atoms with Crippen LogP contribution in [0.2, 0.25) is 5.02 Å². The molecule has 1 amide bonds. The van der Waals surface area contributed by atoms with Crippen LogP contribution < -0.4 is 5.32 Å². The standard InChI is InChI=1S/C19H21ClN2O3S/c20-14-7-3-6-13(9-14)16(8-12-4-1-2-5-12)18(25)22-19-21-15(11-26-19)10-17(23)24/h3,6-7,9,11-12,16H,1-2,4-5,8,10H2,(H,23,24)(H,21,22,25). The second-order valence-corrected chi connectivity index (χ2v) is 7.99. The molecule has 1 saturated carbocycles. The van der Waals surface area contributed by atoms with Crippen molar-refractivity contribution in [3.63, 3.8) is 0 Å². The number of nitrogens with zero attached hydrogens (tertiary/aromatic N) is 1. The fourth-order valence-electron chi connectivity index (χ4n) is 3.49. The van der Waals surface area contributed by atoms with Gasteiger partial charge in [0.1, 0.15) is 0 Å². The van der Waals surface area contributed by atoms with E-state index in [2.05, 4.69) is 10.3 Å². The number of carbonyl (C=O) groups excluding carboxylic acids is 1. The highest BCUT2D eigenvalue weighted by Gasteiger charge is 2.27. The molecule has 0 saturated heterocycles. The lowest BCUT2D eigenvalue weighted by Gasteiger charge is -2.20. The van der Waals surface area contributed by atoms with Crippen LogP contribution in [0, 0.1) is 5.92 Å². The fourth-order valence-corrected chi connectivity index (χ4v) is 4.40. The van der Waals surface area contributed by atoms with Crippen molar-refractivity contribution in [1.82, 2.24) is 4.98 Å². The van der Waals surface area contributed by atoms with Crippen molar-refractivity contribution in [1.29, 1.82) is 0 Å². The van der Waals surface area contributed by atoms with E-state index in [-0.39, 0.29) is 18.2 Å². The molecule has 5 nitrogen and oxygen atoms in total. The van der Waals surface area contributed by atoms with E-state index in [9.17, 15) is 9.59 Å². The first-order valence-corrected chi connectivity index (χ1v) is 9.99. The van der Waals surface area contributed by atoms with Gasteiger partial charge < -0.3 is 10.4 Å². The largest absolute Gasteiger partial charge is 0.481 e. The van der Waals surface area contributed by atoms with Crippen molar-refractivity contribution >= 4 is 39.9 Å². The topological polar surface area (TPSA) is 79.3 Å². The molecule has 1 aromatic heterocycles. The van der Waals surface area contributed by atoms with Crippen molar-refractivity contribution in [2.75, 3.05) is 5.32 Å². The summed E-state index contributed by atoms with van der Waals surface area (Å²) in [7, 11) is 0. The van der Waals surface area contributed by atoms with Gasteiger partial charge in [0.15, 0.2) is 5.13 Å². The molecular weight excluding hydrogens is 372 g/mol. The van der Waals surface area contributed by atoms with E-state index in [0.717, 1.165) is 24.8 Å². The number of benzene rings is 1. The summed E-state index contributed by atoms with van der Waals surface area (Å²) in [5.74, 6) is -0.797. The highest BCUT2D eigenvalue weighted by molar-refractivity contribution is 7.13. The van der Waals surface area contributed by atoms with E-state index < -0.39 is 5.97 Å². The maximum absolute atomic E-state index is 12.9. The molecule has 1 atom stereocenters. The Bertz CT molecular complexity index is 787. The quantitative estimate of drug-likeness (QED) is 0.714. The van der Waals surface area contributed by atoms with Crippen molar-refractivity contribution in [3.05, 3.63) is 45.9 Å². The van der Waals surface area contributed by atoms with Crippen LogP contribution in [0.15, 0.2) is 29.6 Å². The molecule has 0 spiro atoms. The number of carbonyl (C=O) groups is 2. The number of aromatic nitrogens is 1. The Morgan fingerprint density at radius 1 is 1.35 bits per heavy atom. The lowest BCUT2D eigenvalue weighted by atomic mass is 9.87. The van der Waals surface area contributed by atoms with Gasteiger partial charge in [-0.05, 0) is 30.0 Å². The lowest BCUT2D eigenvalue weighted by molar-refractivity contribution is -0.136. The van der Waals surface area contributed by atoms with E-state index in [1.165, 1.54) is 24.2 Å². The van der Waals surface area contributed by atoms with Gasteiger partial charge in [0.05, 0.1) is 18.0 Å². The number of rotatable bonds is 7. The fraction of sp³-hybridized carbons (Fsp3) is 0.421. The van der Waals surface area contributed by atoms with E-state index in [4.69, 9.17) is 16.7 Å². The van der Waals surface area contributed by atoms with Crippen molar-refractivity contribution in [3.8, 4) is 0 Å². The average Bonchev–Trinajstić information content (AvgIpc) is 3.24. The summed E-state index contributed by atoms with van der Waals surface area (Å²) in [4.78, 5) is 27.9. The van der Waals surface area contributed by atoms with Gasteiger partial charge in [0.25, 0.3) is 0 Å². The highest BCUT2D eigenvalue weighted by atomic mass is 35.5. The van der Waals surface area contributed by atoms with Gasteiger partial charge in [0.2, 0.25) is 5.91 Å². The van der Waals surface area contributed by atoms with Gasteiger partial charge >= 0.3 is 5.97 Å². The van der Waals surface area contributed by atoms with Crippen molar-refractivity contribution in [2.24, 2.45) is 5.92 Å². The number of nitrogens with one attached hydrogen (secondary N) is 1. The van der Waals surface area contributed by atoms with Gasteiger partial charge in [-0.1, -0.05) is 49.4 Å². The van der Waals surface area contributed by atoms with Crippen LogP contribution in [0.4, 0.5) is 5.13 Å². The lowest BCUT2D eigenvalue weighted by Crippen LogP contribution is -2.23. The molecule has 1 unspecified atom stereocenters. The van der Waals surface area contributed by atoms with Crippen molar-refractivity contribution < 1.29 is 14.7 Å². The molecule has 1 aliphatic rings. The Labute approximate surface area is 161 Å². The second-order valence-electron chi connectivity index (χ2n) is 6.70. The summed E-state index contributed by atoms with van der Waals surface area (Å²) in [6, 6.07) is 7.44. The molecule has 0 bridgehead atoms. The number of carboxylic acid groups (broad SMARTS) is 1. The Balaban J connectivity index is 1.75. The number of carboxylic acids is 1. The predicted molar refractivity (Wildman–Crippen MR) is 103 cm³/mol. The molecular formula is C19H21ClN2O3S. The summed E-state index contributed by atoms with van der Waals surface area (Å²) in [5, 5.41) is 14.4. The molecule has 2 N–H and O–H groups in total. The molecule has 3 rings (SSSR count). The first-order chi connectivity index (χ1) is 12.5. The molecule has 0 aliphatic heterocycles. The molecule has 1 aromatic carbocycles. The molecule has 1 heterocycles. The Morgan fingerprint density at radius 2 is 2.12 bits per heavy atom. The van der Waals surface area contributed by atoms with E-state index in [1.54, 1.807) is 11.4 Å². The molecule has 0 radical (unpaired) electrons. The summed E-state index contributed by atoms with van der Waals surface area (Å²) in [6.07, 6.45) is 5.40. The van der Waals surface area contributed by atoms with Crippen LogP contribution in [-0.2, 0) is 16.0 Å². The van der Waals surface area contributed by atoms with Gasteiger partial charge in [0, 0.05) is 10.4 Å². The minimum absolute atomic E-state index is 0.115. The second kappa shape index (κ2) is 8.64. The molecule has 26 heavy (non-hydrogen) atoms. The SMILES string of the molecule is O=C(O)Cc1csc(NC(=O)C(CC2CCCC2)c2cccc(Cl)c2)n1. The third-order valence-electron chi connectivity index (χ3n) is 4.73. The predicted octanol–water partition coefficient (Wildman–Crippen LogP) is 4.73. The highest BCUT2D eigenvalue weighted by Crippen LogP contribution is 2.35. The zero-order chi connectivity index (χ0) is 18.5. The van der Waals surface area contributed by atoms with Crippen LogP contribution in [0.25, 0.3) is 0 Å². The molecule has 2 aromatic rings. The van der Waals surface area contributed by atoms with Crippen molar-refractivity contribution in [2.45, 2.75) is 44.4 Å². The van der Waals surface area contributed by atoms with Crippen LogP contribution in [0.5, 0.6) is 0 Å². The molecule has 7 heteroatoms. The molecule has 1 fully saturated rings. The van der Waals surface area contributed by atoms with Gasteiger partial charge in [-0.3, -0.25) is 9.59 Å². The Hall–Kier alpha value is -1.92. The monoisotopic (exact) mass is 392 g/mol. The van der Waals surface area contributed by atoms with Gasteiger partial charge in [-0.15, -0.1) is 11.3 Å². The number of anilines is 1. The van der Waals surface area contributed by atoms with Crippen LogP contribution in [-0.4, -0.2) is 22.0 Å². The first kappa shape index (κ1) is 18.9. The van der Waals surface area contributed by atoms with Crippen LogP contribution in [0.3, 0.4) is 0 Å². The van der Waals surface area contributed by atoms with E-state index in [1.807, 2.05) is 18.2 Å². The number of hydrogen-bond acceptors (Lipinski definition) is 4. The zero-order valence-corrected chi connectivity index (χ0v) is 15.9. The number of aliphatic carboxylic acids is 1. The molecule has 138 valence electrons. The zero-order valence-electron chi connectivity index (χ0n) is 14.3. The average molecular weight is 393 g/mol. The van der Waals surface area contributed by atoms with Crippen LogP contribution >= 0.6 is 22.9 Å². The maximum Gasteiger partial charge on any atom is 0.309 e. The summed E-state index contributed by atoms with van der Waals surface area (Å²) >= 11 is 7.37. The summed E-state index contributed by atoms with van der Waals surface area (Å²) in [6.45, 7) is 0. The number of thiazole rings is 1. The van der Waals surface area contributed by atoms with Gasteiger partial charge in [-0.2, -0.15) is 0 Å². The normalized spacial score (nSPS) is 15.7. The number of hydrogen-bond donors (Lipinski definition) is 2. The maximum atomic E-state index is 12.9. The minimum Gasteiger partial charge on any atom is -0.481 e. The third-order valence-corrected chi connectivity index (χ3v) is 5.77. The number of halogens is 1. The molecule has 1 aliphatic carbocycles. The number of amides is 1.